The van der Waals surface area contributed by atoms with Crippen molar-refractivity contribution in [2.24, 2.45) is 0 Å². The van der Waals surface area contributed by atoms with Crippen molar-refractivity contribution in [2.45, 2.75) is 0 Å². The SMILES string of the molecule is Fc1cccc2cccc(P(F)F)c12. The van der Waals surface area contributed by atoms with E-state index in [1.807, 2.05) is 0 Å². The third-order valence-electron chi connectivity index (χ3n) is 2.01. The second-order valence-corrected chi connectivity index (χ2v) is 3.80. The van der Waals surface area contributed by atoms with Gasteiger partial charge in [0.15, 0.2) is 0 Å². The van der Waals surface area contributed by atoms with E-state index in [4.69, 9.17) is 0 Å². The van der Waals surface area contributed by atoms with Crippen LogP contribution in [0.15, 0.2) is 36.4 Å². The van der Waals surface area contributed by atoms with E-state index in [0.29, 0.717) is 5.39 Å². The molecule has 0 aliphatic rings. The molecule has 2 rings (SSSR count). The van der Waals surface area contributed by atoms with Gasteiger partial charge in [-0.15, -0.1) is 0 Å². The molecule has 0 unspecified atom stereocenters. The molecule has 0 spiro atoms. The van der Waals surface area contributed by atoms with Gasteiger partial charge in [0.05, 0.1) is 5.30 Å². The van der Waals surface area contributed by atoms with Gasteiger partial charge in [-0.1, -0.05) is 24.3 Å². The van der Waals surface area contributed by atoms with E-state index in [9.17, 15) is 12.8 Å². The Hall–Kier alpha value is -1.08. The van der Waals surface area contributed by atoms with E-state index in [0.717, 1.165) is 0 Å². The Bertz CT molecular complexity index is 463. The van der Waals surface area contributed by atoms with Crippen molar-refractivity contribution in [3.05, 3.63) is 42.2 Å². The quantitative estimate of drug-likeness (QED) is 0.632. The van der Waals surface area contributed by atoms with Crippen LogP contribution in [0.3, 0.4) is 0 Å². The molecule has 0 heterocycles. The zero-order valence-electron chi connectivity index (χ0n) is 7.05. The molecular weight excluding hydrogens is 208 g/mol. The first kappa shape index (κ1) is 9.47. The molecule has 0 aromatic heterocycles. The Balaban J connectivity index is 2.84. The molecule has 0 N–H and O–H groups in total. The molecule has 0 bridgehead atoms. The van der Waals surface area contributed by atoms with Gasteiger partial charge >= 0.3 is 0 Å². The van der Waals surface area contributed by atoms with Gasteiger partial charge in [-0.05, 0) is 17.5 Å². The van der Waals surface area contributed by atoms with Gasteiger partial charge < -0.3 is 0 Å². The van der Waals surface area contributed by atoms with Crippen LogP contribution in [0, 0.1) is 5.82 Å². The first-order valence-corrected chi connectivity index (χ1v) is 5.11. The number of benzene rings is 2. The highest BCUT2D eigenvalue weighted by molar-refractivity contribution is 7.55. The maximum absolute atomic E-state index is 13.3. The predicted octanol–water partition coefficient (Wildman–Crippen LogP) is 3.86. The van der Waals surface area contributed by atoms with Gasteiger partial charge in [-0.25, -0.2) is 4.39 Å². The van der Waals surface area contributed by atoms with E-state index >= 15 is 0 Å². The number of hydrogen-bond donors (Lipinski definition) is 0. The largest absolute Gasteiger partial charge is 0.298 e. The smallest absolute Gasteiger partial charge is 0.206 e. The summed E-state index contributed by atoms with van der Waals surface area (Å²) in [6.07, 6.45) is 0. The molecule has 0 atom stereocenters. The second kappa shape index (κ2) is 3.58. The molecule has 0 aliphatic carbocycles. The molecule has 0 aliphatic heterocycles. The lowest BCUT2D eigenvalue weighted by Crippen LogP contribution is -1.99. The van der Waals surface area contributed by atoms with Gasteiger partial charge in [-0.2, -0.15) is 8.39 Å². The lowest BCUT2D eigenvalue weighted by molar-refractivity contribution is 0.640. The van der Waals surface area contributed by atoms with Crippen molar-refractivity contribution in [1.82, 2.24) is 0 Å². The average molecular weight is 214 g/mol. The minimum atomic E-state index is -3.25. The summed E-state index contributed by atoms with van der Waals surface area (Å²) in [4.78, 5) is 0. The fourth-order valence-electron chi connectivity index (χ4n) is 1.42. The van der Waals surface area contributed by atoms with Crippen molar-refractivity contribution in [3.8, 4) is 0 Å². The van der Waals surface area contributed by atoms with Gasteiger partial charge in [0.25, 0.3) is 8.54 Å². The van der Waals surface area contributed by atoms with Crippen molar-refractivity contribution in [3.63, 3.8) is 0 Å². The highest BCUT2D eigenvalue weighted by Crippen LogP contribution is 2.40. The highest BCUT2D eigenvalue weighted by atomic mass is 31.2. The van der Waals surface area contributed by atoms with Crippen LogP contribution in [-0.2, 0) is 0 Å². The summed E-state index contributed by atoms with van der Waals surface area (Å²) in [5.41, 5.74) is 0. The Kier molecular flexibility index (Phi) is 2.42. The third-order valence-corrected chi connectivity index (χ3v) is 2.75. The summed E-state index contributed by atoms with van der Waals surface area (Å²) < 4.78 is 38.4. The molecule has 14 heavy (non-hydrogen) atoms. The Morgan fingerprint density at radius 3 is 2.21 bits per heavy atom. The van der Waals surface area contributed by atoms with E-state index in [1.165, 1.54) is 24.3 Å². The molecule has 0 fully saturated rings. The third kappa shape index (κ3) is 1.48. The van der Waals surface area contributed by atoms with Crippen LogP contribution in [-0.4, -0.2) is 0 Å². The van der Waals surface area contributed by atoms with Crippen molar-refractivity contribution in [2.75, 3.05) is 0 Å². The second-order valence-electron chi connectivity index (χ2n) is 2.85. The molecule has 2 aromatic carbocycles. The fourth-order valence-corrected chi connectivity index (χ4v) is 2.02. The molecule has 0 amide bonds. The fraction of sp³-hybridized carbons (Fsp3) is 0. The summed E-state index contributed by atoms with van der Waals surface area (Å²) in [5.74, 6) is -0.582. The van der Waals surface area contributed by atoms with Crippen LogP contribution >= 0.6 is 8.54 Å². The van der Waals surface area contributed by atoms with Crippen LogP contribution in [0.2, 0.25) is 0 Å². The zero-order chi connectivity index (χ0) is 10.1. The van der Waals surface area contributed by atoms with Crippen LogP contribution < -0.4 is 5.30 Å². The van der Waals surface area contributed by atoms with E-state index in [1.54, 1.807) is 12.1 Å². The first-order valence-electron chi connectivity index (χ1n) is 3.99. The summed E-state index contributed by atoms with van der Waals surface area (Å²) in [5, 5.41) is 0.381. The Morgan fingerprint density at radius 1 is 0.929 bits per heavy atom. The number of halogens is 3. The zero-order valence-corrected chi connectivity index (χ0v) is 7.94. The summed E-state index contributed by atoms with van der Waals surface area (Å²) in [6.45, 7) is 0. The molecular formula is C10H6F3P. The monoisotopic (exact) mass is 214 g/mol. The molecule has 0 saturated heterocycles. The molecule has 2 aromatic rings. The van der Waals surface area contributed by atoms with E-state index in [2.05, 4.69) is 0 Å². The first-order chi connectivity index (χ1) is 6.70. The van der Waals surface area contributed by atoms with Gasteiger partial charge in [0.1, 0.15) is 5.82 Å². The van der Waals surface area contributed by atoms with Crippen molar-refractivity contribution in [1.29, 1.82) is 0 Å². The van der Waals surface area contributed by atoms with Crippen LogP contribution in [0.25, 0.3) is 10.8 Å². The maximum atomic E-state index is 13.3. The summed E-state index contributed by atoms with van der Waals surface area (Å²) in [6, 6.07) is 8.76. The molecule has 0 nitrogen and oxygen atoms in total. The molecule has 0 radical (unpaired) electrons. The lowest BCUT2D eigenvalue weighted by Gasteiger charge is -2.04. The van der Waals surface area contributed by atoms with E-state index < -0.39 is 14.4 Å². The minimum absolute atomic E-state index is 0.0473. The predicted molar refractivity (Wildman–Crippen MR) is 52.7 cm³/mol. The number of hydrogen-bond acceptors (Lipinski definition) is 0. The van der Waals surface area contributed by atoms with Crippen molar-refractivity contribution >= 4 is 24.6 Å². The summed E-state index contributed by atoms with van der Waals surface area (Å²) in [7, 11) is -3.25. The molecule has 4 heteroatoms. The lowest BCUT2D eigenvalue weighted by atomic mass is 10.1. The highest BCUT2D eigenvalue weighted by Gasteiger charge is 2.14. The maximum Gasteiger partial charge on any atom is 0.298 e. The number of fused-ring (bicyclic) bond motifs is 1. The van der Waals surface area contributed by atoms with Gasteiger partial charge in [0.2, 0.25) is 0 Å². The van der Waals surface area contributed by atoms with Crippen molar-refractivity contribution < 1.29 is 12.8 Å². The van der Waals surface area contributed by atoms with Gasteiger partial charge in [0, 0.05) is 5.39 Å². The standard InChI is InChI=1S/C10H6F3P/c11-8-5-1-3-7-4-2-6-9(10(7)8)14(12)13/h1-6H. The van der Waals surface area contributed by atoms with Crippen LogP contribution in [0.1, 0.15) is 0 Å². The average Bonchev–Trinajstić information content (AvgIpc) is 2.17. The molecule has 72 valence electrons. The topological polar surface area (TPSA) is 0 Å². The van der Waals surface area contributed by atoms with Gasteiger partial charge in [-0.3, -0.25) is 0 Å². The minimum Gasteiger partial charge on any atom is -0.206 e. The normalized spacial score (nSPS) is 11.1. The van der Waals surface area contributed by atoms with Crippen LogP contribution in [0.4, 0.5) is 12.8 Å². The van der Waals surface area contributed by atoms with Crippen LogP contribution in [0.5, 0.6) is 0 Å². The number of rotatable bonds is 1. The Morgan fingerprint density at radius 2 is 1.57 bits per heavy atom. The Labute approximate surface area is 80.4 Å². The molecule has 0 saturated carbocycles. The summed E-state index contributed by atoms with van der Waals surface area (Å²) >= 11 is 0. The van der Waals surface area contributed by atoms with E-state index in [-0.39, 0.29) is 10.7 Å².